The standard InChI is InChI=1S/C6H11N3O2S/c1-3-12(10,11)6-8-5(7)4-9(6)2/h4H,3,7H2,1-2H3. The van der Waals surface area contributed by atoms with Crippen LogP contribution < -0.4 is 5.73 Å². The van der Waals surface area contributed by atoms with Gasteiger partial charge in [0.2, 0.25) is 15.0 Å². The number of imidazole rings is 1. The van der Waals surface area contributed by atoms with Crippen LogP contribution in [-0.4, -0.2) is 23.7 Å². The average molecular weight is 189 g/mol. The van der Waals surface area contributed by atoms with Crippen LogP contribution >= 0.6 is 0 Å². The first-order valence-electron chi connectivity index (χ1n) is 3.49. The molecule has 0 spiro atoms. The number of nitrogens with zero attached hydrogens (tertiary/aromatic N) is 2. The molecule has 0 bridgehead atoms. The second kappa shape index (κ2) is 2.78. The van der Waals surface area contributed by atoms with Gasteiger partial charge in [-0.2, -0.15) is 0 Å². The summed E-state index contributed by atoms with van der Waals surface area (Å²) >= 11 is 0. The van der Waals surface area contributed by atoms with Crippen molar-refractivity contribution in [2.45, 2.75) is 12.1 Å². The predicted octanol–water partition coefficient (Wildman–Crippen LogP) is -0.204. The van der Waals surface area contributed by atoms with E-state index in [9.17, 15) is 8.42 Å². The van der Waals surface area contributed by atoms with Gasteiger partial charge in [0.15, 0.2) is 0 Å². The summed E-state index contributed by atoms with van der Waals surface area (Å²) in [7, 11) is -1.63. The fourth-order valence-electron chi connectivity index (χ4n) is 0.890. The first-order valence-corrected chi connectivity index (χ1v) is 5.14. The zero-order valence-electron chi connectivity index (χ0n) is 6.98. The highest BCUT2D eigenvalue weighted by molar-refractivity contribution is 7.91. The van der Waals surface area contributed by atoms with Crippen LogP contribution in [0, 0.1) is 0 Å². The average Bonchev–Trinajstić information content (AvgIpc) is 2.31. The van der Waals surface area contributed by atoms with Crippen molar-refractivity contribution in [2.24, 2.45) is 7.05 Å². The molecule has 1 heterocycles. The molecule has 2 N–H and O–H groups in total. The molecule has 0 aliphatic rings. The molecule has 0 radical (unpaired) electrons. The van der Waals surface area contributed by atoms with Crippen molar-refractivity contribution >= 4 is 15.7 Å². The van der Waals surface area contributed by atoms with E-state index in [4.69, 9.17) is 5.73 Å². The molecule has 0 saturated heterocycles. The highest BCUT2D eigenvalue weighted by atomic mass is 32.2. The summed E-state index contributed by atoms with van der Waals surface area (Å²) in [5, 5.41) is 0.0301. The minimum absolute atomic E-state index is 0.0301. The lowest BCUT2D eigenvalue weighted by atomic mass is 10.8. The molecular weight excluding hydrogens is 178 g/mol. The lowest BCUT2D eigenvalue weighted by Crippen LogP contribution is -2.09. The van der Waals surface area contributed by atoms with E-state index < -0.39 is 9.84 Å². The Hall–Kier alpha value is -1.04. The normalized spacial score (nSPS) is 11.8. The van der Waals surface area contributed by atoms with Gasteiger partial charge in [0.25, 0.3) is 0 Å². The molecule has 0 saturated carbocycles. The van der Waals surface area contributed by atoms with Crippen LogP contribution in [0.3, 0.4) is 0 Å². The SMILES string of the molecule is CCS(=O)(=O)c1nc(N)cn1C. The van der Waals surface area contributed by atoms with E-state index in [1.54, 1.807) is 14.0 Å². The van der Waals surface area contributed by atoms with E-state index in [-0.39, 0.29) is 16.7 Å². The second-order valence-corrected chi connectivity index (χ2v) is 4.63. The Morgan fingerprint density at radius 3 is 2.58 bits per heavy atom. The van der Waals surface area contributed by atoms with Gasteiger partial charge in [-0.15, -0.1) is 0 Å². The van der Waals surface area contributed by atoms with Gasteiger partial charge in [-0.3, -0.25) is 0 Å². The minimum atomic E-state index is -3.24. The second-order valence-electron chi connectivity index (χ2n) is 2.46. The first-order chi connectivity index (χ1) is 5.47. The number of hydrogen-bond acceptors (Lipinski definition) is 4. The molecule has 1 aromatic rings. The van der Waals surface area contributed by atoms with Gasteiger partial charge in [-0.05, 0) is 0 Å². The monoisotopic (exact) mass is 189 g/mol. The Balaban J connectivity index is 3.29. The van der Waals surface area contributed by atoms with E-state index >= 15 is 0 Å². The van der Waals surface area contributed by atoms with E-state index in [1.807, 2.05) is 0 Å². The topological polar surface area (TPSA) is 78.0 Å². The van der Waals surface area contributed by atoms with Crippen LogP contribution in [0.15, 0.2) is 11.4 Å². The predicted molar refractivity (Wildman–Crippen MR) is 45.3 cm³/mol. The van der Waals surface area contributed by atoms with Crippen molar-refractivity contribution in [3.8, 4) is 0 Å². The highest BCUT2D eigenvalue weighted by Gasteiger charge is 2.17. The molecule has 0 amide bonds. The number of anilines is 1. The third-order valence-corrected chi connectivity index (χ3v) is 3.21. The number of rotatable bonds is 2. The van der Waals surface area contributed by atoms with Crippen molar-refractivity contribution < 1.29 is 8.42 Å². The molecule has 0 aromatic carbocycles. The van der Waals surface area contributed by atoms with Crippen molar-refractivity contribution in [1.82, 2.24) is 9.55 Å². The molecule has 68 valence electrons. The smallest absolute Gasteiger partial charge is 0.229 e. The molecule has 0 atom stereocenters. The Labute approximate surface area is 71.1 Å². The maximum Gasteiger partial charge on any atom is 0.229 e. The summed E-state index contributed by atoms with van der Waals surface area (Å²) in [5.41, 5.74) is 5.33. The Kier molecular flexibility index (Phi) is 2.10. The summed E-state index contributed by atoms with van der Waals surface area (Å²) < 4.78 is 24.0. The maximum absolute atomic E-state index is 11.3. The van der Waals surface area contributed by atoms with Crippen molar-refractivity contribution in [1.29, 1.82) is 0 Å². The molecule has 0 aliphatic heterocycles. The van der Waals surface area contributed by atoms with Gasteiger partial charge >= 0.3 is 0 Å². The Bertz CT molecular complexity index is 379. The van der Waals surface area contributed by atoms with Crippen molar-refractivity contribution in [2.75, 3.05) is 11.5 Å². The molecule has 6 heteroatoms. The van der Waals surface area contributed by atoms with Gasteiger partial charge in [-0.1, -0.05) is 6.92 Å². The first kappa shape index (κ1) is 9.05. The molecule has 0 aliphatic carbocycles. The molecule has 12 heavy (non-hydrogen) atoms. The maximum atomic E-state index is 11.3. The lowest BCUT2D eigenvalue weighted by molar-refractivity contribution is 0.580. The van der Waals surface area contributed by atoms with Gasteiger partial charge in [0, 0.05) is 13.2 Å². The van der Waals surface area contributed by atoms with Crippen LogP contribution in [0.2, 0.25) is 0 Å². The van der Waals surface area contributed by atoms with Crippen LogP contribution in [0.5, 0.6) is 0 Å². The van der Waals surface area contributed by atoms with Gasteiger partial charge in [0.1, 0.15) is 5.82 Å². The quantitative estimate of drug-likeness (QED) is 0.698. The van der Waals surface area contributed by atoms with Crippen LogP contribution in [0.25, 0.3) is 0 Å². The Morgan fingerprint density at radius 2 is 2.25 bits per heavy atom. The largest absolute Gasteiger partial charge is 0.382 e. The number of hydrogen-bond donors (Lipinski definition) is 1. The van der Waals surface area contributed by atoms with Crippen molar-refractivity contribution in [3.05, 3.63) is 6.20 Å². The fraction of sp³-hybridized carbons (Fsp3) is 0.500. The summed E-state index contributed by atoms with van der Waals surface area (Å²) in [6.07, 6.45) is 1.47. The molecular formula is C6H11N3O2S. The van der Waals surface area contributed by atoms with Gasteiger partial charge in [0.05, 0.1) is 5.75 Å². The summed E-state index contributed by atoms with van der Waals surface area (Å²) in [6, 6.07) is 0. The van der Waals surface area contributed by atoms with E-state index in [1.165, 1.54) is 10.8 Å². The summed E-state index contributed by atoms with van der Waals surface area (Å²) in [6.45, 7) is 1.57. The molecule has 1 rings (SSSR count). The summed E-state index contributed by atoms with van der Waals surface area (Å²) in [4.78, 5) is 3.71. The molecule has 0 unspecified atom stereocenters. The highest BCUT2D eigenvalue weighted by Crippen LogP contribution is 2.10. The Morgan fingerprint density at radius 1 is 1.67 bits per heavy atom. The minimum Gasteiger partial charge on any atom is -0.382 e. The van der Waals surface area contributed by atoms with Crippen LogP contribution in [0.4, 0.5) is 5.82 Å². The zero-order chi connectivity index (χ0) is 9.35. The summed E-state index contributed by atoms with van der Waals surface area (Å²) in [5.74, 6) is 0.265. The van der Waals surface area contributed by atoms with Crippen LogP contribution in [0.1, 0.15) is 6.92 Å². The third kappa shape index (κ3) is 1.42. The van der Waals surface area contributed by atoms with Crippen molar-refractivity contribution in [3.63, 3.8) is 0 Å². The van der Waals surface area contributed by atoms with E-state index in [2.05, 4.69) is 4.98 Å². The van der Waals surface area contributed by atoms with Crippen LogP contribution in [-0.2, 0) is 16.9 Å². The lowest BCUT2D eigenvalue weighted by Gasteiger charge is -1.98. The number of aromatic nitrogens is 2. The van der Waals surface area contributed by atoms with Gasteiger partial charge in [-0.25, -0.2) is 13.4 Å². The van der Waals surface area contributed by atoms with Gasteiger partial charge < -0.3 is 10.3 Å². The number of sulfone groups is 1. The molecule has 1 aromatic heterocycles. The van der Waals surface area contributed by atoms with E-state index in [0.29, 0.717) is 0 Å². The molecule has 5 nitrogen and oxygen atoms in total. The van der Waals surface area contributed by atoms with E-state index in [0.717, 1.165) is 0 Å². The molecule has 0 fully saturated rings. The number of nitrogen functional groups attached to an aromatic ring is 1. The third-order valence-electron chi connectivity index (χ3n) is 1.51. The zero-order valence-corrected chi connectivity index (χ0v) is 7.80. The number of nitrogens with two attached hydrogens (primary N) is 1. The number of aryl methyl sites for hydroxylation is 1. The fourth-order valence-corrected chi connectivity index (χ4v) is 1.88.